The zero-order valence-electron chi connectivity index (χ0n) is 9.67. The van der Waals surface area contributed by atoms with Gasteiger partial charge in [-0.1, -0.05) is 26.8 Å². The second kappa shape index (κ2) is 3.05. The van der Waals surface area contributed by atoms with Crippen molar-refractivity contribution >= 4 is 0 Å². The Kier molecular flexibility index (Phi) is 1.90. The lowest BCUT2D eigenvalue weighted by Crippen LogP contribution is -2.04. The van der Waals surface area contributed by atoms with Crippen molar-refractivity contribution in [3.05, 3.63) is 28.6 Å². The normalized spacial score (nSPS) is 32.9. The Bertz CT molecular complexity index is 374. The van der Waals surface area contributed by atoms with E-state index >= 15 is 0 Å². The van der Waals surface area contributed by atoms with Gasteiger partial charge in [-0.25, -0.2) is 0 Å². The molecule has 1 aliphatic heterocycles. The van der Waals surface area contributed by atoms with Gasteiger partial charge in [-0.2, -0.15) is 0 Å². The molecule has 0 fully saturated rings. The van der Waals surface area contributed by atoms with E-state index in [1.54, 1.807) is 0 Å². The van der Waals surface area contributed by atoms with Crippen LogP contribution in [0.25, 0.3) is 0 Å². The van der Waals surface area contributed by atoms with E-state index in [1.807, 2.05) is 0 Å². The van der Waals surface area contributed by atoms with E-state index in [1.165, 1.54) is 22.5 Å². The first-order valence-corrected chi connectivity index (χ1v) is 5.91. The molecule has 3 rings (SSSR count). The molecule has 2 nitrogen and oxygen atoms in total. The van der Waals surface area contributed by atoms with Crippen LogP contribution in [0.5, 0.6) is 0 Å². The Morgan fingerprint density at radius 1 is 1.20 bits per heavy atom. The molecule has 0 bridgehead atoms. The van der Waals surface area contributed by atoms with Crippen LogP contribution >= 0.6 is 0 Å². The van der Waals surface area contributed by atoms with Crippen LogP contribution < -0.4 is 5.32 Å². The van der Waals surface area contributed by atoms with Crippen LogP contribution in [0.3, 0.4) is 0 Å². The topological polar surface area (TPSA) is 24.9 Å². The lowest BCUT2D eigenvalue weighted by Gasteiger charge is -2.12. The molecule has 15 heavy (non-hydrogen) atoms. The molecule has 0 spiro atoms. The van der Waals surface area contributed by atoms with Crippen molar-refractivity contribution in [2.75, 3.05) is 0 Å². The smallest absolute Gasteiger partial charge is 0.0590 e. The maximum atomic E-state index is 4.85. The molecule has 3 atom stereocenters. The van der Waals surface area contributed by atoms with Gasteiger partial charge in [0.15, 0.2) is 0 Å². The zero-order valence-corrected chi connectivity index (χ0v) is 9.67. The molecule has 2 heterocycles. The summed E-state index contributed by atoms with van der Waals surface area (Å²) in [6, 6.07) is 2.39. The van der Waals surface area contributed by atoms with Gasteiger partial charge in [-0.05, 0) is 23.0 Å². The predicted molar refractivity (Wildman–Crippen MR) is 60.8 cm³/mol. The largest absolute Gasteiger partial charge is 0.307 e. The summed E-state index contributed by atoms with van der Waals surface area (Å²) < 4.78 is 0. The van der Waals surface area contributed by atoms with Crippen LogP contribution in [0.1, 0.15) is 55.1 Å². The minimum Gasteiger partial charge on any atom is -0.307 e. The molecule has 1 N–H and O–H groups in total. The van der Waals surface area contributed by atoms with E-state index in [2.05, 4.69) is 32.2 Å². The van der Waals surface area contributed by atoms with Crippen LogP contribution in [-0.2, 0) is 13.1 Å². The standard InChI is InChI=1S/C13H18N2/c1-7-8(2)11-4-10-5-14-6-12(10)15-13(11)9(7)3/h4,7-9,14H,5-6H2,1-3H3/t7-,8+,9-/m0/s1. The first kappa shape index (κ1) is 9.34. The van der Waals surface area contributed by atoms with Crippen molar-refractivity contribution in [1.82, 2.24) is 10.3 Å². The second-order valence-electron chi connectivity index (χ2n) is 5.11. The number of nitrogens with zero attached hydrogens (tertiary/aromatic N) is 1. The third-order valence-electron chi connectivity index (χ3n) is 4.36. The van der Waals surface area contributed by atoms with Gasteiger partial charge in [0.2, 0.25) is 0 Å². The van der Waals surface area contributed by atoms with Crippen molar-refractivity contribution in [1.29, 1.82) is 0 Å². The molecule has 2 aliphatic rings. The molecular weight excluding hydrogens is 184 g/mol. The Morgan fingerprint density at radius 2 is 2.00 bits per heavy atom. The number of rotatable bonds is 0. The highest BCUT2D eigenvalue weighted by Crippen LogP contribution is 2.45. The molecule has 0 unspecified atom stereocenters. The van der Waals surface area contributed by atoms with Crippen LogP contribution in [-0.4, -0.2) is 4.98 Å². The zero-order chi connectivity index (χ0) is 10.6. The number of aromatic nitrogens is 1. The average Bonchev–Trinajstić information content (AvgIpc) is 2.77. The van der Waals surface area contributed by atoms with E-state index < -0.39 is 0 Å². The van der Waals surface area contributed by atoms with Crippen molar-refractivity contribution < 1.29 is 0 Å². The predicted octanol–water partition coefficient (Wildman–Crippen LogP) is 2.54. The molecule has 0 amide bonds. The van der Waals surface area contributed by atoms with Gasteiger partial charge in [-0.15, -0.1) is 0 Å². The summed E-state index contributed by atoms with van der Waals surface area (Å²) in [6.07, 6.45) is 0. The van der Waals surface area contributed by atoms with Gasteiger partial charge in [0, 0.05) is 24.7 Å². The number of hydrogen-bond donors (Lipinski definition) is 1. The van der Waals surface area contributed by atoms with E-state index in [0.717, 1.165) is 19.0 Å². The molecule has 0 saturated heterocycles. The lowest BCUT2D eigenvalue weighted by molar-refractivity contribution is 0.461. The van der Waals surface area contributed by atoms with E-state index in [-0.39, 0.29) is 0 Å². The summed E-state index contributed by atoms with van der Waals surface area (Å²) >= 11 is 0. The highest BCUT2D eigenvalue weighted by Gasteiger charge is 2.34. The van der Waals surface area contributed by atoms with Gasteiger partial charge < -0.3 is 5.32 Å². The first-order chi connectivity index (χ1) is 7.18. The summed E-state index contributed by atoms with van der Waals surface area (Å²) in [7, 11) is 0. The van der Waals surface area contributed by atoms with Crippen molar-refractivity contribution in [3.63, 3.8) is 0 Å². The molecule has 2 heteroatoms. The second-order valence-corrected chi connectivity index (χ2v) is 5.11. The van der Waals surface area contributed by atoms with Crippen molar-refractivity contribution in [2.24, 2.45) is 5.92 Å². The molecule has 80 valence electrons. The Labute approximate surface area is 91.1 Å². The maximum Gasteiger partial charge on any atom is 0.0590 e. The average molecular weight is 202 g/mol. The fraction of sp³-hybridized carbons (Fsp3) is 0.615. The SMILES string of the molecule is C[C@@H]1[C@H](C)c2nc3c(cc2[C@@H]1C)CNC3. The third kappa shape index (κ3) is 1.18. The Balaban J connectivity index is 2.16. The molecular formula is C13H18N2. The molecule has 1 aliphatic carbocycles. The summed E-state index contributed by atoms with van der Waals surface area (Å²) in [6.45, 7) is 8.96. The van der Waals surface area contributed by atoms with E-state index in [4.69, 9.17) is 4.98 Å². The molecule has 1 aromatic heterocycles. The van der Waals surface area contributed by atoms with Crippen LogP contribution in [0.2, 0.25) is 0 Å². The van der Waals surface area contributed by atoms with Crippen molar-refractivity contribution in [3.8, 4) is 0 Å². The van der Waals surface area contributed by atoms with Gasteiger partial charge in [0.05, 0.1) is 5.69 Å². The number of nitrogens with one attached hydrogen (secondary N) is 1. The number of hydrogen-bond acceptors (Lipinski definition) is 2. The fourth-order valence-corrected chi connectivity index (χ4v) is 2.94. The first-order valence-electron chi connectivity index (χ1n) is 5.91. The monoisotopic (exact) mass is 202 g/mol. The van der Waals surface area contributed by atoms with Crippen LogP contribution in [0, 0.1) is 5.92 Å². The van der Waals surface area contributed by atoms with Gasteiger partial charge in [-0.3, -0.25) is 4.98 Å². The number of fused-ring (bicyclic) bond motifs is 2. The summed E-state index contributed by atoms with van der Waals surface area (Å²) in [4.78, 5) is 4.85. The number of pyridine rings is 1. The van der Waals surface area contributed by atoms with Gasteiger partial charge in [0.25, 0.3) is 0 Å². The van der Waals surface area contributed by atoms with Crippen molar-refractivity contribution in [2.45, 2.75) is 45.7 Å². The summed E-state index contributed by atoms with van der Waals surface area (Å²) in [5.41, 5.74) is 5.55. The molecule has 0 radical (unpaired) electrons. The Hall–Kier alpha value is -0.890. The van der Waals surface area contributed by atoms with Gasteiger partial charge >= 0.3 is 0 Å². The highest BCUT2D eigenvalue weighted by atomic mass is 14.9. The Morgan fingerprint density at radius 3 is 2.80 bits per heavy atom. The van der Waals surface area contributed by atoms with Crippen LogP contribution in [0.15, 0.2) is 6.07 Å². The fourth-order valence-electron chi connectivity index (χ4n) is 2.94. The third-order valence-corrected chi connectivity index (χ3v) is 4.36. The minimum atomic E-state index is 0.626. The maximum absolute atomic E-state index is 4.85. The summed E-state index contributed by atoms with van der Waals surface area (Å²) in [5.74, 6) is 2.04. The van der Waals surface area contributed by atoms with Crippen LogP contribution in [0.4, 0.5) is 0 Å². The summed E-state index contributed by atoms with van der Waals surface area (Å²) in [5, 5.41) is 3.37. The quantitative estimate of drug-likeness (QED) is 0.699. The van der Waals surface area contributed by atoms with E-state index in [9.17, 15) is 0 Å². The molecule has 1 aromatic rings. The minimum absolute atomic E-state index is 0.626. The lowest BCUT2D eigenvalue weighted by atomic mass is 9.91. The van der Waals surface area contributed by atoms with Gasteiger partial charge in [0.1, 0.15) is 0 Å². The van der Waals surface area contributed by atoms with E-state index in [0.29, 0.717) is 11.8 Å². The molecule has 0 aromatic carbocycles. The molecule has 0 saturated carbocycles. The highest BCUT2D eigenvalue weighted by molar-refractivity contribution is 5.40.